The third-order valence-electron chi connectivity index (χ3n) is 3.30. The molecule has 0 radical (unpaired) electrons. The van der Waals surface area contributed by atoms with Gasteiger partial charge >= 0.3 is 0 Å². The number of allylic oxidation sites excluding steroid dienone is 1. The van der Waals surface area contributed by atoms with E-state index < -0.39 is 0 Å². The number of hydrogen-bond donors (Lipinski definition) is 0. The van der Waals surface area contributed by atoms with Crippen molar-refractivity contribution < 1.29 is 9.13 Å². The fraction of sp³-hybridized carbons (Fsp3) is 0.214. The minimum Gasteiger partial charge on any atom is -0.504 e. The van der Waals surface area contributed by atoms with Gasteiger partial charge in [0.2, 0.25) is 0 Å². The largest absolute Gasteiger partial charge is 0.504 e. The predicted molar refractivity (Wildman–Crippen MR) is 67.8 cm³/mol. The van der Waals surface area contributed by atoms with E-state index in [0.29, 0.717) is 23.9 Å². The first-order chi connectivity index (χ1) is 8.72. The van der Waals surface area contributed by atoms with Crippen LogP contribution in [0.4, 0.5) is 4.39 Å². The van der Waals surface area contributed by atoms with Gasteiger partial charge < -0.3 is 9.30 Å². The summed E-state index contributed by atoms with van der Waals surface area (Å²) in [6, 6.07) is 6.10. The number of halogens is 1. The Morgan fingerprint density at radius 3 is 2.94 bits per heavy atom. The molecule has 0 spiro atoms. The Morgan fingerprint density at radius 1 is 1.33 bits per heavy atom. The van der Waals surface area contributed by atoms with Crippen LogP contribution in [0.1, 0.15) is 12.0 Å². The summed E-state index contributed by atoms with van der Waals surface area (Å²) in [4.78, 5) is 11.8. The summed E-state index contributed by atoms with van der Waals surface area (Å²) >= 11 is 0. The molecule has 0 amide bonds. The van der Waals surface area contributed by atoms with Crippen molar-refractivity contribution >= 4 is 16.5 Å². The number of aromatic nitrogens is 1. The Kier molecular flexibility index (Phi) is 2.44. The molecule has 1 aliphatic heterocycles. The van der Waals surface area contributed by atoms with Crippen LogP contribution in [0.25, 0.3) is 16.5 Å². The summed E-state index contributed by atoms with van der Waals surface area (Å²) in [6.45, 7) is 0.557. The molecule has 0 bridgehead atoms. The molecule has 18 heavy (non-hydrogen) atoms. The topological polar surface area (TPSA) is 31.2 Å². The molecule has 0 unspecified atom stereocenters. The minimum atomic E-state index is -0.304. The van der Waals surface area contributed by atoms with Crippen LogP contribution in [0.5, 0.6) is 0 Å². The average Bonchev–Trinajstić information content (AvgIpc) is 2.37. The van der Waals surface area contributed by atoms with Crippen molar-refractivity contribution in [1.29, 1.82) is 0 Å². The van der Waals surface area contributed by atoms with Gasteiger partial charge in [-0.05, 0) is 30.2 Å². The fourth-order valence-electron chi connectivity index (χ4n) is 2.50. The molecule has 0 N–H and O–H groups in total. The third-order valence-corrected chi connectivity index (χ3v) is 3.30. The van der Waals surface area contributed by atoms with E-state index in [1.165, 1.54) is 12.1 Å². The number of aryl methyl sites for hydroxylation is 1. The molecule has 2 aromatic rings. The molecular formula is C14H12FNO2. The summed E-state index contributed by atoms with van der Waals surface area (Å²) in [5, 5.41) is 0.480. The van der Waals surface area contributed by atoms with Crippen molar-refractivity contribution in [2.24, 2.45) is 0 Å². The highest BCUT2D eigenvalue weighted by molar-refractivity contribution is 5.92. The molecule has 0 aliphatic carbocycles. The molecule has 0 atom stereocenters. The maximum Gasteiger partial charge on any atom is 0.251 e. The lowest BCUT2D eigenvalue weighted by molar-refractivity contribution is 0.338. The van der Waals surface area contributed by atoms with Gasteiger partial charge in [0.05, 0.1) is 18.9 Å². The molecule has 1 aliphatic rings. The van der Waals surface area contributed by atoms with Gasteiger partial charge in [-0.1, -0.05) is 0 Å². The fourth-order valence-corrected chi connectivity index (χ4v) is 2.50. The summed E-state index contributed by atoms with van der Waals surface area (Å²) in [6.07, 6.45) is 2.37. The van der Waals surface area contributed by atoms with E-state index in [4.69, 9.17) is 4.74 Å². The second kappa shape index (κ2) is 3.98. The molecule has 2 heterocycles. The van der Waals surface area contributed by atoms with Gasteiger partial charge in [-0.2, -0.15) is 0 Å². The smallest absolute Gasteiger partial charge is 0.251 e. The quantitative estimate of drug-likeness (QED) is 0.723. The highest BCUT2D eigenvalue weighted by Gasteiger charge is 2.19. The zero-order chi connectivity index (χ0) is 12.7. The maximum absolute atomic E-state index is 13.8. The summed E-state index contributed by atoms with van der Waals surface area (Å²) < 4.78 is 20.5. The Hall–Kier alpha value is -2.10. The molecule has 3 nitrogen and oxygen atoms in total. The van der Waals surface area contributed by atoms with E-state index in [1.807, 2.05) is 0 Å². The Bertz CT molecular complexity index is 716. The molecule has 0 saturated carbocycles. The van der Waals surface area contributed by atoms with Crippen molar-refractivity contribution in [2.45, 2.75) is 13.0 Å². The summed E-state index contributed by atoms with van der Waals surface area (Å²) in [5.41, 5.74) is 2.44. The SMILES string of the molecule is COC=C1CCn2c(=O)ccc3c(F)ccc1c32. The van der Waals surface area contributed by atoms with Gasteiger partial charge in [0.25, 0.3) is 5.56 Å². The van der Waals surface area contributed by atoms with Crippen molar-refractivity contribution in [2.75, 3.05) is 7.11 Å². The minimum absolute atomic E-state index is 0.0918. The highest BCUT2D eigenvalue weighted by atomic mass is 19.1. The molecule has 0 saturated heterocycles. The lowest BCUT2D eigenvalue weighted by atomic mass is 9.96. The first kappa shape index (κ1) is 11.0. The third kappa shape index (κ3) is 1.45. The Balaban J connectivity index is 2.46. The molecule has 1 aromatic heterocycles. The molecule has 4 heteroatoms. The monoisotopic (exact) mass is 245 g/mol. The van der Waals surface area contributed by atoms with Gasteiger partial charge in [0.1, 0.15) is 5.82 Å². The zero-order valence-corrected chi connectivity index (χ0v) is 9.94. The molecule has 92 valence electrons. The summed E-state index contributed by atoms with van der Waals surface area (Å²) in [5.74, 6) is -0.304. The second-order valence-electron chi connectivity index (χ2n) is 4.31. The number of methoxy groups -OCH3 is 1. The number of rotatable bonds is 1. The van der Waals surface area contributed by atoms with Crippen LogP contribution >= 0.6 is 0 Å². The predicted octanol–water partition coefficient (Wildman–Crippen LogP) is 2.53. The molecule has 1 aromatic carbocycles. The van der Waals surface area contributed by atoms with Crippen LogP contribution in [-0.4, -0.2) is 11.7 Å². The first-order valence-electron chi connectivity index (χ1n) is 5.76. The lowest BCUT2D eigenvalue weighted by Gasteiger charge is -2.21. The normalized spacial score (nSPS) is 16.2. The number of ether oxygens (including phenoxy) is 1. The van der Waals surface area contributed by atoms with Crippen molar-refractivity contribution in [3.8, 4) is 0 Å². The van der Waals surface area contributed by atoms with Gasteiger partial charge in [0.15, 0.2) is 0 Å². The first-order valence-corrected chi connectivity index (χ1v) is 5.76. The van der Waals surface area contributed by atoms with Crippen LogP contribution in [0.3, 0.4) is 0 Å². The number of pyridine rings is 1. The van der Waals surface area contributed by atoms with E-state index in [2.05, 4.69) is 0 Å². The number of nitrogens with zero attached hydrogens (tertiary/aromatic N) is 1. The van der Waals surface area contributed by atoms with E-state index in [0.717, 1.165) is 11.1 Å². The molecule has 3 rings (SSSR count). The zero-order valence-electron chi connectivity index (χ0n) is 9.94. The van der Waals surface area contributed by atoms with E-state index >= 15 is 0 Å². The van der Waals surface area contributed by atoms with Crippen molar-refractivity contribution in [3.63, 3.8) is 0 Å². The van der Waals surface area contributed by atoms with Crippen LogP contribution in [0.2, 0.25) is 0 Å². The lowest BCUT2D eigenvalue weighted by Crippen LogP contribution is -2.23. The van der Waals surface area contributed by atoms with Crippen molar-refractivity contribution in [3.05, 3.63) is 52.3 Å². The standard InChI is InChI=1S/C14H12FNO2/c1-18-8-9-6-7-16-13(17)5-3-11-12(15)4-2-10(9)14(11)16/h2-5,8H,6-7H2,1H3. The number of benzene rings is 1. The van der Waals surface area contributed by atoms with Crippen LogP contribution in [0, 0.1) is 5.82 Å². The number of hydrogen-bond acceptors (Lipinski definition) is 2. The van der Waals surface area contributed by atoms with E-state index in [-0.39, 0.29) is 11.4 Å². The van der Waals surface area contributed by atoms with E-state index in [1.54, 1.807) is 30.1 Å². The van der Waals surface area contributed by atoms with E-state index in [9.17, 15) is 9.18 Å². The highest BCUT2D eigenvalue weighted by Crippen LogP contribution is 2.32. The summed E-state index contributed by atoms with van der Waals surface area (Å²) in [7, 11) is 1.58. The average molecular weight is 245 g/mol. The van der Waals surface area contributed by atoms with Gasteiger partial charge in [0, 0.05) is 23.6 Å². The van der Waals surface area contributed by atoms with Crippen LogP contribution < -0.4 is 5.56 Å². The van der Waals surface area contributed by atoms with Crippen LogP contribution in [-0.2, 0) is 11.3 Å². The Labute approximate surface area is 103 Å². The van der Waals surface area contributed by atoms with Gasteiger partial charge in [-0.15, -0.1) is 0 Å². The maximum atomic E-state index is 13.8. The van der Waals surface area contributed by atoms with Crippen molar-refractivity contribution in [1.82, 2.24) is 4.57 Å². The molecule has 0 fully saturated rings. The second-order valence-corrected chi connectivity index (χ2v) is 4.31. The molecular weight excluding hydrogens is 233 g/mol. The van der Waals surface area contributed by atoms with Gasteiger partial charge in [-0.25, -0.2) is 4.39 Å². The van der Waals surface area contributed by atoms with Gasteiger partial charge in [-0.3, -0.25) is 4.79 Å². The van der Waals surface area contributed by atoms with Crippen LogP contribution in [0.15, 0.2) is 35.3 Å². The Morgan fingerprint density at radius 2 is 2.17 bits per heavy atom.